The van der Waals surface area contributed by atoms with E-state index in [0.717, 1.165) is 4.90 Å². The number of rotatable bonds is 2. The number of nitrogens with zero attached hydrogens (tertiary/aromatic N) is 3. The molecule has 0 fully saturated rings. The Morgan fingerprint density at radius 3 is 2.77 bits per heavy atom. The van der Waals surface area contributed by atoms with Crippen LogP contribution in [0.15, 0.2) is 6.20 Å². The van der Waals surface area contributed by atoms with Crippen molar-refractivity contribution in [3.8, 4) is 0 Å². The lowest BCUT2D eigenvalue weighted by Gasteiger charge is -2.14. The SMILES string of the molecule is [CH2]CN(C(=O)O)c1cn(C)nc1C. The standard InChI is InChI=1S/C8H12N3O2/c1-4-11(8(12)13)7-5-10(3)9-6(7)2/h5H,1,4H2,2-3H3,(H,12,13). The lowest BCUT2D eigenvalue weighted by molar-refractivity contribution is 0.202. The minimum Gasteiger partial charge on any atom is -0.465 e. The van der Waals surface area contributed by atoms with Gasteiger partial charge in [0.2, 0.25) is 0 Å². The summed E-state index contributed by atoms with van der Waals surface area (Å²) in [6, 6.07) is 0. The molecular formula is C8H12N3O2. The summed E-state index contributed by atoms with van der Waals surface area (Å²) in [5.41, 5.74) is 1.28. The Morgan fingerprint density at radius 2 is 2.46 bits per heavy atom. The molecule has 0 aliphatic heterocycles. The van der Waals surface area contributed by atoms with Crippen LogP contribution in [-0.4, -0.2) is 27.5 Å². The Kier molecular flexibility index (Phi) is 2.55. The highest BCUT2D eigenvalue weighted by molar-refractivity contribution is 5.86. The summed E-state index contributed by atoms with van der Waals surface area (Å²) in [5, 5.41) is 12.9. The van der Waals surface area contributed by atoms with E-state index < -0.39 is 6.09 Å². The van der Waals surface area contributed by atoms with Crippen molar-refractivity contribution in [2.24, 2.45) is 7.05 Å². The summed E-state index contributed by atoms with van der Waals surface area (Å²) in [4.78, 5) is 11.9. The number of carbonyl (C=O) groups is 1. The predicted octanol–water partition coefficient (Wildman–Crippen LogP) is 1.05. The molecule has 0 saturated heterocycles. The van der Waals surface area contributed by atoms with Crippen molar-refractivity contribution >= 4 is 11.8 Å². The summed E-state index contributed by atoms with van der Waals surface area (Å²) < 4.78 is 1.58. The molecule has 1 aromatic rings. The van der Waals surface area contributed by atoms with Gasteiger partial charge in [-0.05, 0) is 13.8 Å². The second-order valence-corrected chi connectivity index (χ2v) is 2.71. The molecular weight excluding hydrogens is 170 g/mol. The molecule has 1 amide bonds. The van der Waals surface area contributed by atoms with Crippen LogP contribution in [0.25, 0.3) is 0 Å². The van der Waals surface area contributed by atoms with Gasteiger partial charge >= 0.3 is 6.09 Å². The summed E-state index contributed by atoms with van der Waals surface area (Å²) >= 11 is 0. The number of amides is 1. The molecule has 0 bridgehead atoms. The van der Waals surface area contributed by atoms with E-state index in [4.69, 9.17) is 5.11 Å². The van der Waals surface area contributed by atoms with Gasteiger partial charge in [0.1, 0.15) is 0 Å². The van der Waals surface area contributed by atoms with Gasteiger partial charge in [-0.15, -0.1) is 0 Å². The fraction of sp³-hybridized carbons (Fsp3) is 0.375. The van der Waals surface area contributed by atoms with Crippen molar-refractivity contribution in [1.29, 1.82) is 0 Å². The molecule has 13 heavy (non-hydrogen) atoms. The van der Waals surface area contributed by atoms with Gasteiger partial charge in [-0.25, -0.2) is 4.79 Å². The van der Waals surface area contributed by atoms with Crippen molar-refractivity contribution in [1.82, 2.24) is 9.78 Å². The van der Waals surface area contributed by atoms with Gasteiger partial charge < -0.3 is 5.11 Å². The van der Waals surface area contributed by atoms with Crippen molar-refractivity contribution < 1.29 is 9.90 Å². The average Bonchev–Trinajstić information content (AvgIpc) is 2.31. The topological polar surface area (TPSA) is 58.4 Å². The smallest absolute Gasteiger partial charge is 0.411 e. The van der Waals surface area contributed by atoms with Gasteiger partial charge in [0.25, 0.3) is 0 Å². The van der Waals surface area contributed by atoms with Crippen molar-refractivity contribution in [2.75, 3.05) is 11.4 Å². The zero-order valence-corrected chi connectivity index (χ0v) is 7.69. The Labute approximate surface area is 76.6 Å². The van der Waals surface area contributed by atoms with E-state index >= 15 is 0 Å². The van der Waals surface area contributed by atoms with Crippen LogP contribution in [0.1, 0.15) is 5.69 Å². The van der Waals surface area contributed by atoms with Gasteiger partial charge in [0, 0.05) is 19.8 Å². The monoisotopic (exact) mass is 182 g/mol. The van der Waals surface area contributed by atoms with Crippen molar-refractivity contribution in [3.63, 3.8) is 0 Å². The number of hydrogen-bond acceptors (Lipinski definition) is 2. The Morgan fingerprint density at radius 1 is 1.85 bits per heavy atom. The fourth-order valence-electron chi connectivity index (χ4n) is 1.17. The summed E-state index contributed by atoms with van der Waals surface area (Å²) in [6.07, 6.45) is 0.653. The first-order valence-electron chi connectivity index (χ1n) is 3.86. The van der Waals surface area contributed by atoms with Crippen molar-refractivity contribution in [2.45, 2.75) is 6.92 Å². The van der Waals surface area contributed by atoms with Crippen LogP contribution in [0, 0.1) is 13.8 Å². The van der Waals surface area contributed by atoms with E-state index in [0.29, 0.717) is 11.4 Å². The van der Waals surface area contributed by atoms with E-state index in [1.165, 1.54) is 0 Å². The number of hydrogen-bond donors (Lipinski definition) is 1. The van der Waals surface area contributed by atoms with E-state index in [1.807, 2.05) is 0 Å². The van der Waals surface area contributed by atoms with Gasteiger partial charge in [0.05, 0.1) is 11.4 Å². The molecule has 5 heteroatoms. The third-order valence-electron chi connectivity index (χ3n) is 1.73. The van der Waals surface area contributed by atoms with E-state index in [-0.39, 0.29) is 6.54 Å². The Bertz CT molecular complexity index is 319. The normalized spacial score (nSPS) is 10.1. The molecule has 0 saturated carbocycles. The molecule has 0 atom stereocenters. The molecule has 0 aliphatic rings. The van der Waals surface area contributed by atoms with E-state index in [9.17, 15) is 4.79 Å². The highest BCUT2D eigenvalue weighted by Gasteiger charge is 2.16. The molecule has 0 spiro atoms. The first-order valence-corrected chi connectivity index (χ1v) is 3.86. The van der Waals surface area contributed by atoms with Crippen molar-refractivity contribution in [3.05, 3.63) is 18.8 Å². The van der Waals surface area contributed by atoms with Crippen LogP contribution >= 0.6 is 0 Å². The van der Waals surface area contributed by atoms with E-state index in [2.05, 4.69) is 12.0 Å². The Balaban J connectivity index is 3.04. The van der Waals surface area contributed by atoms with Crippen LogP contribution in [0.4, 0.5) is 10.5 Å². The molecule has 0 unspecified atom stereocenters. The molecule has 1 aromatic heterocycles. The quantitative estimate of drug-likeness (QED) is 0.743. The summed E-state index contributed by atoms with van der Waals surface area (Å²) in [6.45, 7) is 5.49. The van der Waals surface area contributed by atoms with E-state index in [1.54, 1.807) is 24.9 Å². The highest BCUT2D eigenvalue weighted by Crippen LogP contribution is 2.17. The number of aromatic nitrogens is 2. The molecule has 1 radical (unpaired) electrons. The molecule has 1 heterocycles. The van der Waals surface area contributed by atoms with Crippen LogP contribution in [-0.2, 0) is 7.05 Å². The van der Waals surface area contributed by atoms with Crippen LogP contribution in [0.5, 0.6) is 0 Å². The van der Waals surface area contributed by atoms with Crippen LogP contribution in [0.2, 0.25) is 0 Å². The van der Waals surface area contributed by atoms with Crippen LogP contribution < -0.4 is 4.90 Å². The summed E-state index contributed by atoms with van der Waals surface area (Å²) in [5.74, 6) is 0. The lowest BCUT2D eigenvalue weighted by atomic mass is 10.3. The van der Waals surface area contributed by atoms with Gasteiger partial charge in [-0.3, -0.25) is 9.58 Å². The fourth-order valence-corrected chi connectivity index (χ4v) is 1.17. The second-order valence-electron chi connectivity index (χ2n) is 2.71. The highest BCUT2D eigenvalue weighted by atomic mass is 16.4. The zero-order valence-electron chi connectivity index (χ0n) is 7.69. The molecule has 1 rings (SSSR count). The molecule has 1 N–H and O–H groups in total. The van der Waals surface area contributed by atoms with Gasteiger partial charge in [-0.2, -0.15) is 5.10 Å². The van der Waals surface area contributed by atoms with Gasteiger partial charge in [0.15, 0.2) is 0 Å². The third-order valence-corrected chi connectivity index (χ3v) is 1.73. The molecule has 71 valence electrons. The first-order chi connectivity index (χ1) is 6.06. The predicted molar refractivity (Wildman–Crippen MR) is 48.7 cm³/mol. The molecule has 0 aromatic carbocycles. The third kappa shape index (κ3) is 1.80. The zero-order chi connectivity index (χ0) is 10.0. The maximum Gasteiger partial charge on any atom is 0.411 e. The van der Waals surface area contributed by atoms with Crippen LogP contribution in [0.3, 0.4) is 0 Å². The Hall–Kier alpha value is -1.52. The maximum atomic E-state index is 10.7. The number of anilines is 1. The molecule has 5 nitrogen and oxygen atoms in total. The maximum absolute atomic E-state index is 10.7. The number of aryl methyl sites for hydroxylation is 2. The number of carboxylic acid groups (broad SMARTS) is 1. The minimum absolute atomic E-state index is 0.182. The van der Waals surface area contributed by atoms with Gasteiger partial charge in [-0.1, -0.05) is 0 Å². The summed E-state index contributed by atoms with van der Waals surface area (Å²) in [7, 11) is 1.75. The second kappa shape index (κ2) is 3.47. The lowest BCUT2D eigenvalue weighted by Crippen LogP contribution is -2.29. The minimum atomic E-state index is -1.01. The largest absolute Gasteiger partial charge is 0.465 e. The average molecular weight is 182 g/mol. The molecule has 0 aliphatic carbocycles. The first kappa shape index (κ1) is 9.57.